The molecule has 0 atom stereocenters. The molecule has 1 saturated heterocycles. The Balaban J connectivity index is 1.64. The molecule has 2 heterocycles. The molecule has 4 N–H and O–H groups in total. The zero-order chi connectivity index (χ0) is 15.4. The van der Waals surface area contributed by atoms with Crippen molar-refractivity contribution in [3.63, 3.8) is 0 Å². The zero-order valence-corrected chi connectivity index (χ0v) is 12.2. The van der Waals surface area contributed by atoms with E-state index >= 15 is 0 Å². The van der Waals surface area contributed by atoms with E-state index in [1.54, 1.807) is 0 Å². The molecule has 7 heteroatoms. The van der Waals surface area contributed by atoms with E-state index in [1.807, 2.05) is 24.3 Å². The number of rotatable bonds is 4. The number of anilines is 1. The van der Waals surface area contributed by atoms with Gasteiger partial charge in [-0.1, -0.05) is 0 Å². The minimum Gasteiger partial charge on any atom is -0.381 e. The van der Waals surface area contributed by atoms with Crippen LogP contribution in [0.25, 0.3) is 11.4 Å². The Morgan fingerprint density at radius 1 is 1.32 bits per heavy atom. The quantitative estimate of drug-likeness (QED) is 0.789. The Hall–Kier alpha value is -2.25. The molecular formula is C15H19N5O2. The van der Waals surface area contributed by atoms with Crippen molar-refractivity contribution in [2.45, 2.75) is 19.4 Å². The summed E-state index contributed by atoms with van der Waals surface area (Å²) in [6.45, 7) is 1.64. The van der Waals surface area contributed by atoms with Gasteiger partial charge in [0.2, 0.25) is 5.91 Å². The molecular weight excluding hydrogens is 282 g/mol. The molecule has 3 rings (SSSR count). The summed E-state index contributed by atoms with van der Waals surface area (Å²) in [6, 6.07) is 7.46. The fourth-order valence-corrected chi connectivity index (χ4v) is 2.42. The van der Waals surface area contributed by atoms with Gasteiger partial charge in [-0.3, -0.25) is 9.89 Å². The Bertz CT molecular complexity index is 632. The standard InChI is InChI=1S/C15H19N5O2/c16-9-13-18-14(20-19-13)10-1-3-12(4-2-10)17-15(21)11-5-7-22-8-6-11/h1-4,11H,5-9,16H2,(H,17,21)(H,18,19,20). The van der Waals surface area contributed by atoms with E-state index in [0.717, 1.165) is 24.1 Å². The lowest BCUT2D eigenvalue weighted by atomic mass is 9.99. The summed E-state index contributed by atoms with van der Waals surface area (Å²) in [5.74, 6) is 1.34. The largest absolute Gasteiger partial charge is 0.381 e. The highest BCUT2D eigenvalue weighted by Crippen LogP contribution is 2.20. The molecule has 22 heavy (non-hydrogen) atoms. The van der Waals surface area contributed by atoms with Gasteiger partial charge in [0.1, 0.15) is 5.82 Å². The first-order valence-corrected chi connectivity index (χ1v) is 7.36. The van der Waals surface area contributed by atoms with E-state index in [0.29, 0.717) is 31.4 Å². The van der Waals surface area contributed by atoms with Crippen LogP contribution in [0.15, 0.2) is 24.3 Å². The highest BCUT2D eigenvalue weighted by molar-refractivity contribution is 5.92. The van der Waals surface area contributed by atoms with E-state index in [1.165, 1.54) is 0 Å². The molecule has 0 spiro atoms. The van der Waals surface area contributed by atoms with Gasteiger partial charge in [-0.25, -0.2) is 4.98 Å². The molecule has 1 aromatic heterocycles. The summed E-state index contributed by atoms with van der Waals surface area (Å²) in [5, 5.41) is 9.82. The molecule has 116 valence electrons. The van der Waals surface area contributed by atoms with Gasteiger partial charge in [-0.2, -0.15) is 5.10 Å². The van der Waals surface area contributed by atoms with Gasteiger partial charge < -0.3 is 15.8 Å². The SMILES string of the molecule is NCc1nc(-c2ccc(NC(=O)C3CCOCC3)cc2)n[nH]1. The smallest absolute Gasteiger partial charge is 0.227 e. The fraction of sp³-hybridized carbons (Fsp3) is 0.400. The Morgan fingerprint density at radius 2 is 2.05 bits per heavy atom. The maximum atomic E-state index is 12.2. The number of carbonyl (C=O) groups excluding carboxylic acids is 1. The second-order valence-corrected chi connectivity index (χ2v) is 5.26. The lowest BCUT2D eigenvalue weighted by molar-refractivity contribution is -0.122. The first-order chi connectivity index (χ1) is 10.8. The molecule has 1 aliphatic rings. The monoisotopic (exact) mass is 301 g/mol. The summed E-state index contributed by atoms with van der Waals surface area (Å²) in [5.41, 5.74) is 7.15. The first-order valence-electron chi connectivity index (χ1n) is 7.36. The molecule has 0 bridgehead atoms. The molecule has 0 saturated carbocycles. The van der Waals surface area contributed by atoms with E-state index in [2.05, 4.69) is 20.5 Å². The Labute approximate surface area is 128 Å². The van der Waals surface area contributed by atoms with Crippen LogP contribution < -0.4 is 11.1 Å². The van der Waals surface area contributed by atoms with Crippen LogP contribution in [0.5, 0.6) is 0 Å². The van der Waals surface area contributed by atoms with E-state index in [9.17, 15) is 4.79 Å². The maximum absolute atomic E-state index is 12.2. The summed E-state index contributed by atoms with van der Waals surface area (Å²) < 4.78 is 5.27. The molecule has 0 radical (unpaired) electrons. The van der Waals surface area contributed by atoms with Crippen molar-refractivity contribution in [3.8, 4) is 11.4 Å². The molecule has 1 aliphatic heterocycles. The summed E-state index contributed by atoms with van der Waals surface area (Å²) in [7, 11) is 0. The third-order valence-electron chi connectivity index (χ3n) is 3.73. The number of nitrogens with zero attached hydrogens (tertiary/aromatic N) is 2. The zero-order valence-electron chi connectivity index (χ0n) is 12.2. The van der Waals surface area contributed by atoms with E-state index < -0.39 is 0 Å². The van der Waals surface area contributed by atoms with Gasteiger partial charge in [0.25, 0.3) is 0 Å². The molecule has 2 aromatic rings. The first kappa shape index (κ1) is 14.7. The maximum Gasteiger partial charge on any atom is 0.227 e. The average Bonchev–Trinajstić information content (AvgIpc) is 3.05. The van der Waals surface area contributed by atoms with Gasteiger partial charge in [0.15, 0.2) is 5.82 Å². The van der Waals surface area contributed by atoms with Crippen molar-refractivity contribution >= 4 is 11.6 Å². The number of aromatic nitrogens is 3. The number of ether oxygens (including phenoxy) is 1. The van der Waals surface area contributed by atoms with E-state index in [4.69, 9.17) is 10.5 Å². The topological polar surface area (TPSA) is 106 Å². The predicted molar refractivity (Wildman–Crippen MR) is 81.9 cm³/mol. The fourth-order valence-electron chi connectivity index (χ4n) is 2.42. The van der Waals surface area contributed by atoms with Crippen LogP contribution in [0.3, 0.4) is 0 Å². The molecule has 0 aliphatic carbocycles. The van der Waals surface area contributed by atoms with Gasteiger partial charge >= 0.3 is 0 Å². The minimum atomic E-state index is 0.0357. The van der Waals surface area contributed by atoms with Gasteiger partial charge in [0, 0.05) is 30.4 Å². The number of aromatic amines is 1. The second-order valence-electron chi connectivity index (χ2n) is 5.26. The predicted octanol–water partition coefficient (Wildman–Crippen LogP) is 1.30. The van der Waals surface area contributed by atoms with Crippen LogP contribution in [0, 0.1) is 5.92 Å². The number of H-pyrrole nitrogens is 1. The highest BCUT2D eigenvalue weighted by atomic mass is 16.5. The number of nitrogens with one attached hydrogen (secondary N) is 2. The van der Waals surface area contributed by atoms with Crippen LogP contribution in [0.2, 0.25) is 0 Å². The van der Waals surface area contributed by atoms with Gasteiger partial charge in [-0.15, -0.1) is 0 Å². The number of hydrogen-bond acceptors (Lipinski definition) is 5. The molecule has 1 amide bonds. The van der Waals surface area contributed by atoms with Crippen molar-refractivity contribution in [2.24, 2.45) is 11.7 Å². The molecule has 7 nitrogen and oxygen atoms in total. The van der Waals surface area contributed by atoms with Crippen LogP contribution in [-0.2, 0) is 16.1 Å². The van der Waals surface area contributed by atoms with Crippen molar-refractivity contribution in [1.82, 2.24) is 15.2 Å². The number of hydrogen-bond donors (Lipinski definition) is 3. The molecule has 1 fully saturated rings. The third kappa shape index (κ3) is 3.32. The third-order valence-corrected chi connectivity index (χ3v) is 3.73. The van der Waals surface area contributed by atoms with Gasteiger partial charge in [-0.05, 0) is 37.1 Å². The van der Waals surface area contributed by atoms with Crippen molar-refractivity contribution in [3.05, 3.63) is 30.1 Å². The Morgan fingerprint density at radius 3 is 2.68 bits per heavy atom. The van der Waals surface area contributed by atoms with Crippen molar-refractivity contribution in [1.29, 1.82) is 0 Å². The number of carbonyl (C=O) groups is 1. The Kier molecular flexibility index (Phi) is 4.45. The average molecular weight is 301 g/mol. The number of benzene rings is 1. The van der Waals surface area contributed by atoms with Crippen LogP contribution in [0.1, 0.15) is 18.7 Å². The second kappa shape index (κ2) is 6.67. The van der Waals surface area contributed by atoms with Crippen LogP contribution >= 0.6 is 0 Å². The van der Waals surface area contributed by atoms with Gasteiger partial charge in [0.05, 0.1) is 6.54 Å². The summed E-state index contributed by atoms with van der Waals surface area (Å²) in [4.78, 5) is 16.4. The summed E-state index contributed by atoms with van der Waals surface area (Å²) >= 11 is 0. The highest BCUT2D eigenvalue weighted by Gasteiger charge is 2.21. The number of nitrogens with two attached hydrogens (primary N) is 1. The van der Waals surface area contributed by atoms with Crippen LogP contribution in [-0.4, -0.2) is 34.3 Å². The van der Waals surface area contributed by atoms with E-state index in [-0.39, 0.29) is 11.8 Å². The summed E-state index contributed by atoms with van der Waals surface area (Å²) in [6.07, 6.45) is 1.56. The normalized spacial score (nSPS) is 15.7. The van der Waals surface area contributed by atoms with Crippen molar-refractivity contribution in [2.75, 3.05) is 18.5 Å². The van der Waals surface area contributed by atoms with Crippen LogP contribution in [0.4, 0.5) is 5.69 Å². The lowest BCUT2D eigenvalue weighted by Crippen LogP contribution is -2.28. The van der Waals surface area contributed by atoms with Crippen molar-refractivity contribution < 1.29 is 9.53 Å². The molecule has 0 unspecified atom stereocenters. The minimum absolute atomic E-state index is 0.0357. The molecule has 1 aromatic carbocycles. The number of amides is 1. The lowest BCUT2D eigenvalue weighted by Gasteiger charge is -2.21.